The van der Waals surface area contributed by atoms with E-state index in [4.69, 9.17) is 0 Å². The second-order valence-corrected chi connectivity index (χ2v) is 11.2. The van der Waals surface area contributed by atoms with Crippen LogP contribution in [0.15, 0.2) is 66.7 Å². The lowest BCUT2D eigenvalue weighted by molar-refractivity contribution is -0.170. The quantitative estimate of drug-likeness (QED) is 0.182. The van der Waals surface area contributed by atoms with E-state index in [0.717, 1.165) is 54.4 Å². The lowest BCUT2D eigenvalue weighted by atomic mass is 9.92. The van der Waals surface area contributed by atoms with Crippen molar-refractivity contribution in [1.29, 1.82) is 0 Å². The van der Waals surface area contributed by atoms with Gasteiger partial charge in [0, 0.05) is 23.8 Å². The van der Waals surface area contributed by atoms with Crippen molar-refractivity contribution in [3.63, 3.8) is 0 Å². The Labute approximate surface area is 249 Å². The number of carbonyl (C=O) groups is 1. The molecule has 3 N–H and O–H groups in total. The summed E-state index contributed by atoms with van der Waals surface area (Å²) in [5, 5.41) is 20.2. The van der Waals surface area contributed by atoms with E-state index in [2.05, 4.69) is 36.2 Å². The Bertz CT molecular complexity index is 1500. The average molecular weight is 592 g/mol. The van der Waals surface area contributed by atoms with Gasteiger partial charge in [0.05, 0.1) is 17.3 Å². The van der Waals surface area contributed by atoms with E-state index in [1.165, 1.54) is 6.92 Å². The number of H-pyrrole nitrogens is 1. The molecule has 1 fully saturated rings. The maximum Gasteiger partial charge on any atom is 0.391 e. The third kappa shape index (κ3) is 7.52. The van der Waals surface area contributed by atoms with Crippen molar-refractivity contribution < 1.29 is 18.0 Å². The van der Waals surface area contributed by atoms with E-state index in [1.807, 2.05) is 73.7 Å². The number of amides is 2. The molecule has 8 nitrogen and oxygen atoms in total. The minimum atomic E-state index is -4.27. The number of urea groups is 1. The van der Waals surface area contributed by atoms with Crippen LogP contribution in [0.1, 0.15) is 51.0 Å². The van der Waals surface area contributed by atoms with Crippen LogP contribution in [0, 0.1) is 12.8 Å². The third-order valence-corrected chi connectivity index (χ3v) is 8.08. The molecule has 0 aliphatic heterocycles. The minimum absolute atomic E-state index is 0.0436. The number of hydrogen-bond donors (Lipinski definition) is 3. The Morgan fingerprint density at radius 1 is 1.00 bits per heavy atom. The van der Waals surface area contributed by atoms with E-state index in [9.17, 15) is 18.0 Å². The van der Waals surface area contributed by atoms with Gasteiger partial charge in [-0.25, -0.2) is 9.89 Å². The number of tetrazole rings is 1. The first kappa shape index (κ1) is 30.1. The molecule has 0 bridgehead atoms. The summed E-state index contributed by atoms with van der Waals surface area (Å²) in [5.74, 6) is -0.947. The molecule has 1 atom stereocenters. The Balaban J connectivity index is 1.54. The number of aromatic amines is 1. The van der Waals surface area contributed by atoms with Gasteiger partial charge in [-0.05, 0) is 72.0 Å². The van der Waals surface area contributed by atoms with Crippen molar-refractivity contribution in [2.24, 2.45) is 5.92 Å². The molecule has 1 aromatic heterocycles. The predicted molar refractivity (Wildman–Crippen MR) is 163 cm³/mol. The van der Waals surface area contributed by atoms with Crippen molar-refractivity contribution in [1.82, 2.24) is 20.6 Å². The minimum Gasteiger partial charge on any atom is -0.367 e. The molecule has 0 radical (unpaired) electrons. The fraction of sp³-hybridized carbons (Fsp3) is 0.375. The SMILES string of the molecule is Cc1ccc(NC(=O)Nc2cc(-c3ccccc3-c3nnn[nH]3)ccc2N(CCC(C)C(F)(F)F)C2CCCCC2)cc1. The zero-order chi connectivity index (χ0) is 30.4. The molecular weight excluding hydrogens is 555 g/mol. The zero-order valence-electron chi connectivity index (χ0n) is 24.3. The van der Waals surface area contributed by atoms with Gasteiger partial charge in [0.2, 0.25) is 0 Å². The highest BCUT2D eigenvalue weighted by Crippen LogP contribution is 2.39. The third-order valence-electron chi connectivity index (χ3n) is 8.08. The number of carbonyl (C=O) groups excluding carboxylic acids is 1. The molecular formula is C32H36F3N7O. The lowest BCUT2D eigenvalue weighted by Crippen LogP contribution is -2.39. The first-order valence-corrected chi connectivity index (χ1v) is 14.6. The van der Waals surface area contributed by atoms with Crippen LogP contribution in [0.4, 0.5) is 35.0 Å². The number of halogens is 3. The van der Waals surface area contributed by atoms with Gasteiger partial charge in [0.25, 0.3) is 0 Å². The number of aromatic nitrogens is 4. The second-order valence-electron chi connectivity index (χ2n) is 11.2. The maximum absolute atomic E-state index is 13.5. The standard InChI is InChI=1S/C32H36F3N7O/c1-21-12-15-24(16-13-21)36-31(43)37-28-20-23(26-10-6-7-11-27(26)30-38-40-41-39-30)14-17-29(28)42(25-8-4-3-5-9-25)19-18-22(2)32(33,34)35/h6-7,10-17,20,22,25H,3-5,8-9,18-19H2,1-2H3,(H2,36,37,43)(H,38,39,40,41). The van der Waals surface area contributed by atoms with E-state index < -0.39 is 18.1 Å². The molecule has 226 valence electrons. The van der Waals surface area contributed by atoms with Gasteiger partial charge >= 0.3 is 12.2 Å². The largest absolute Gasteiger partial charge is 0.391 e. The number of hydrogen-bond acceptors (Lipinski definition) is 5. The van der Waals surface area contributed by atoms with E-state index in [1.54, 1.807) is 0 Å². The number of alkyl halides is 3. The summed E-state index contributed by atoms with van der Waals surface area (Å²) in [4.78, 5) is 15.4. The van der Waals surface area contributed by atoms with Gasteiger partial charge in [0.15, 0.2) is 5.82 Å². The highest BCUT2D eigenvalue weighted by Gasteiger charge is 2.36. The van der Waals surface area contributed by atoms with Crippen molar-refractivity contribution in [2.75, 3.05) is 22.1 Å². The first-order valence-electron chi connectivity index (χ1n) is 14.6. The number of nitrogens with one attached hydrogen (secondary N) is 3. The highest BCUT2D eigenvalue weighted by molar-refractivity contribution is 6.02. The molecule has 1 aliphatic carbocycles. The Morgan fingerprint density at radius 2 is 1.72 bits per heavy atom. The topological polar surface area (TPSA) is 98.8 Å². The lowest BCUT2D eigenvalue weighted by Gasteiger charge is -2.38. The van der Waals surface area contributed by atoms with Crippen LogP contribution < -0.4 is 15.5 Å². The Kier molecular flexibility index (Phi) is 9.27. The number of benzene rings is 3. The Morgan fingerprint density at radius 3 is 2.40 bits per heavy atom. The molecule has 0 spiro atoms. The van der Waals surface area contributed by atoms with Gasteiger partial charge < -0.3 is 15.5 Å². The van der Waals surface area contributed by atoms with E-state index >= 15 is 0 Å². The Hall–Kier alpha value is -4.41. The van der Waals surface area contributed by atoms with Crippen LogP contribution >= 0.6 is 0 Å². The first-order chi connectivity index (χ1) is 20.7. The summed E-state index contributed by atoms with van der Waals surface area (Å²) in [7, 11) is 0. The van der Waals surface area contributed by atoms with Crippen LogP contribution in [-0.4, -0.2) is 45.4 Å². The number of aryl methyl sites for hydroxylation is 1. The smallest absolute Gasteiger partial charge is 0.367 e. The molecule has 5 rings (SSSR count). The van der Waals surface area contributed by atoms with Crippen LogP contribution in [0.3, 0.4) is 0 Å². The fourth-order valence-electron chi connectivity index (χ4n) is 5.58. The van der Waals surface area contributed by atoms with Gasteiger partial charge in [-0.15, -0.1) is 5.10 Å². The molecule has 1 saturated carbocycles. The van der Waals surface area contributed by atoms with Gasteiger partial charge in [-0.3, -0.25) is 0 Å². The van der Waals surface area contributed by atoms with Crippen LogP contribution in [0.25, 0.3) is 22.5 Å². The predicted octanol–water partition coefficient (Wildman–Crippen LogP) is 8.21. The van der Waals surface area contributed by atoms with Crippen LogP contribution in [0.5, 0.6) is 0 Å². The van der Waals surface area contributed by atoms with Crippen LogP contribution in [0.2, 0.25) is 0 Å². The monoisotopic (exact) mass is 591 g/mol. The van der Waals surface area contributed by atoms with Crippen LogP contribution in [-0.2, 0) is 0 Å². The van der Waals surface area contributed by atoms with Crippen molar-refractivity contribution >= 4 is 23.1 Å². The van der Waals surface area contributed by atoms with E-state index in [-0.39, 0.29) is 19.0 Å². The summed E-state index contributed by atoms with van der Waals surface area (Å²) in [6.07, 6.45) is 0.609. The molecule has 3 aromatic carbocycles. The molecule has 1 aliphatic rings. The molecule has 43 heavy (non-hydrogen) atoms. The normalized spacial score (nSPS) is 14.7. The van der Waals surface area contributed by atoms with E-state index in [0.29, 0.717) is 22.9 Å². The number of anilines is 3. The summed E-state index contributed by atoms with van der Waals surface area (Å²) >= 11 is 0. The molecule has 4 aromatic rings. The molecule has 0 saturated heterocycles. The average Bonchev–Trinajstić information content (AvgIpc) is 3.54. The molecule has 11 heteroatoms. The van der Waals surface area contributed by atoms with Crippen molar-refractivity contribution in [3.8, 4) is 22.5 Å². The molecule has 1 heterocycles. The summed E-state index contributed by atoms with van der Waals surface area (Å²) in [6, 6.07) is 20.4. The van der Waals surface area contributed by atoms with Crippen molar-refractivity contribution in [3.05, 3.63) is 72.3 Å². The molecule has 1 unspecified atom stereocenters. The second kappa shape index (κ2) is 13.3. The number of rotatable bonds is 9. The fourth-order valence-corrected chi connectivity index (χ4v) is 5.58. The number of nitrogens with zero attached hydrogens (tertiary/aromatic N) is 4. The van der Waals surface area contributed by atoms with Gasteiger partial charge in [-0.1, -0.05) is 74.2 Å². The summed E-state index contributed by atoms with van der Waals surface area (Å²) < 4.78 is 40.6. The summed E-state index contributed by atoms with van der Waals surface area (Å²) in [6.45, 7) is 3.42. The molecule has 2 amide bonds. The zero-order valence-corrected chi connectivity index (χ0v) is 24.3. The highest BCUT2D eigenvalue weighted by atomic mass is 19.4. The summed E-state index contributed by atoms with van der Waals surface area (Å²) in [5.41, 5.74) is 5.32. The van der Waals surface area contributed by atoms with Gasteiger partial charge in [0.1, 0.15) is 0 Å². The maximum atomic E-state index is 13.5. The van der Waals surface area contributed by atoms with Crippen molar-refractivity contribution in [2.45, 2.75) is 64.6 Å². The van der Waals surface area contributed by atoms with Gasteiger partial charge in [-0.2, -0.15) is 13.2 Å².